The maximum absolute atomic E-state index is 13.8. The van der Waals surface area contributed by atoms with Gasteiger partial charge in [0.1, 0.15) is 5.60 Å². The highest BCUT2D eigenvalue weighted by Crippen LogP contribution is 2.47. The monoisotopic (exact) mass is 760 g/mol. The third-order valence-electron chi connectivity index (χ3n) is 10.1. The lowest BCUT2D eigenvalue weighted by Gasteiger charge is -2.43. The van der Waals surface area contributed by atoms with Gasteiger partial charge in [-0.2, -0.15) is 0 Å². The molecular weight excluding hydrogens is 711 g/mol. The Balaban J connectivity index is 1.40. The van der Waals surface area contributed by atoms with Gasteiger partial charge in [0.25, 0.3) is 0 Å². The minimum Gasteiger partial charge on any atom is -0.493 e. The fraction of sp³-hybridized carbons (Fsp3) is 0.513. The van der Waals surface area contributed by atoms with Gasteiger partial charge in [0.2, 0.25) is 5.75 Å². The Hall–Kier alpha value is -3.02. The number of carbonyl (C=O) groups is 1. The van der Waals surface area contributed by atoms with Crippen LogP contribution in [0.4, 0.5) is 4.79 Å². The fourth-order valence-corrected chi connectivity index (χ4v) is 9.52. The van der Waals surface area contributed by atoms with E-state index in [0.29, 0.717) is 39.5 Å². The van der Waals surface area contributed by atoms with Crippen LogP contribution in [0.5, 0.6) is 17.2 Å². The third-order valence-corrected chi connectivity index (χ3v) is 12.9. The van der Waals surface area contributed by atoms with Crippen molar-refractivity contribution >= 4 is 40.1 Å². The molecule has 0 aliphatic carbocycles. The van der Waals surface area contributed by atoms with Crippen LogP contribution in [0.1, 0.15) is 68.7 Å². The molecule has 1 spiro atoms. The summed E-state index contributed by atoms with van der Waals surface area (Å²) in [4.78, 5) is 17.9. The number of hydrogen-bond acceptors (Lipinski definition) is 8. The molecule has 2 heterocycles. The SMILES string of the molecule is COc1cc(COC[C@](CCCN2CCC3(CC2)c2ccccc2CS3=O)(c2ccc(Cl)c(Cl)c2)N(C)C(=O)OC(C)(C)C)cc(OC)c1OC. The summed E-state index contributed by atoms with van der Waals surface area (Å²) in [6, 6.07) is 17.5. The number of ether oxygens (including phenoxy) is 5. The van der Waals surface area contributed by atoms with Crippen LogP contribution in [0.25, 0.3) is 0 Å². The standard InChI is InChI=1S/C39H50Cl2N2O7S/c1-37(2,3)50-36(44)42(4)38(29-13-14-31(40)32(41)23-29,26-49-24-27-21-33(46-5)35(48-7)34(22-27)47-6)15-10-18-43-19-16-39(17-20-43)30-12-9-8-11-28(30)25-51(39)45/h8-9,11-14,21-23H,10,15-20,24-26H2,1-7H3/t38-,51?/m1/s1. The van der Waals surface area contributed by atoms with Gasteiger partial charge in [-0.1, -0.05) is 53.5 Å². The zero-order chi connectivity index (χ0) is 37.0. The van der Waals surface area contributed by atoms with Crippen LogP contribution < -0.4 is 14.2 Å². The first-order valence-corrected chi connectivity index (χ1v) is 19.3. The summed E-state index contributed by atoms with van der Waals surface area (Å²) in [7, 11) is 5.53. The van der Waals surface area contributed by atoms with Crippen molar-refractivity contribution in [1.29, 1.82) is 0 Å². The van der Waals surface area contributed by atoms with Gasteiger partial charge < -0.3 is 28.6 Å². The highest BCUT2D eigenvalue weighted by molar-refractivity contribution is 7.85. The minimum atomic E-state index is -0.972. The largest absolute Gasteiger partial charge is 0.493 e. The van der Waals surface area contributed by atoms with E-state index >= 15 is 0 Å². The third kappa shape index (κ3) is 8.46. The van der Waals surface area contributed by atoms with Crippen molar-refractivity contribution in [1.82, 2.24) is 9.80 Å². The topological polar surface area (TPSA) is 86.8 Å². The van der Waals surface area contributed by atoms with Crippen molar-refractivity contribution in [2.24, 2.45) is 0 Å². The number of methoxy groups -OCH3 is 3. The lowest BCUT2D eigenvalue weighted by atomic mass is 9.83. The summed E-state index contributed by atoms with van der Waals surface area (Å²) in [5, 5.41) is 0.799. The lowest BCUT2D eigenvalue weighted by Crippen LogP contribution is -2.52. The van der Waals surface area contributed by atoms with E-state index in [2.05, 4.69) is 23.1 Å². The second kappa shape index (κ2) is 16.3. The van der Waals surface area contributed by atoms with Crippen molar-refractivity contribution in [3.8, 4) is 17.2 Å². The number of carbonyl (C=O) groups excluding carboxylic acids is 1. The molecular formula is C39H50Cl2N2O7S. The van der Waals surface area contributed by atoms with Gasteiger partial charge in [0, 0.05) is 23.6 Å². The van der Waals surface area contributed by atoms with E-state index in [1.165, 1.54) is 11.1 Å². The number of rotatable bonds is 13. The van der Waals surface area contributed by atoms with Gasteiger partial charge in [-0.05, 0) is 113 Å². The van der Waals surface area contributed by atoms with Crippen molar-refractivity contribution in [2.45, 2.75) is 74.7 Å². The van der Waals surface area contributed by atoms with E-state index in [4.69, 9.17) is 46.9 Å². The van der Waals surface area contributed by atoms with E-state index in [1.807, 2.05) is 51.1 Å². The number of amides is 1. The Kier molecular flexibility index (Phi) is 12.6. The van der Waals surface area contributed by atoms with Crippen LogP contribution in [-0.4, -0.2) is 80.3 Å². The molecule has 12 heteroatoms. The van der Waals surface area contributed by atoms with Gasteiger partial charge in [-0.25, -0.2) is 4.79 Å². The van der Waals surface area contributed by atoms with Crippen molar-refractivity contribution in [3.05, 3.63) is 86.9 Å². The predicted octanol–water partition coefficient (Wildman–Crippen LogP) is 8.33. The van der Waals surface area contributed by atoms with E-state index < -0.39 is 28.0 Å². The van der Waals surface area contributed by atoms with Gasteiger partial charge >= 0.3 is 6.09 Å². The molecule has 0 saturated carbocycles. The number of likely N-dealkylation sites (N-methyl/N-ethyl adjacent to an activating group) is 1. The molecule has 51 heavy (non-hydrogen) atoms. The maximum Gasteiger partial charge on any atom is 0.410 e. The summed E-state index contributed by atoms with van der Waals surface area (Å²) >= 11 is 13.0. The molecule has 2 aliphatic heterocycles. The molecule has 1 saturated heterocycles. The number of benzene rings is 3. The molecule has 1 unspecified atom stereocenters. The first kappa shape index (κ1) is 39.2. The first-order valence-electron chi connectivity index (χ1n) is 17.2. The predicted molar refractivity (Wildman–Crippen MR) is 203 cm³/mol. The number of likely N-dealkylation sites (tertiary alicyclic amines) is 1. The lowest BCUT2D eigenvalue weighted by molar-refractivity contribution is -0.0356. The molecule has 0 N–H and O–H groups in total. The smallest absolute Gasteiger partial charge is 0.410 e. The molecule has 2 aliphatic rings. The Labute approximate surface area is 314 Å². The summed E-state index contributed by atoms with van der Waals surface area (Å²) in [6.45, 7) is 8.37. The van der Waals surface area contributed by atoms with Gasteiger partial charge in [0.05, 0.1) is 54.9 Å². The molecule has 278 valence electrons. The summed E-state index contributed by atoms with van der Waals surface area (Å²) in [5.74, 6) is 2.16. The van der Waals surface area contributed by atoms with Gasteiger partial charge in [-0.3, -0.25) is 9.11 Å². The maximum atomic E-state index is 13.8. The average molecular weight is 762 g/mol. The molecule has 2 atom stereocenters. The number of piperidine rings is 1. The molecule has 0 bridgehead atoms. The summed E-state index contributed by atoms with van der Waals surface area (Å²) < 4.78 is 42.2. The summed E-state index contributed by atoms with van der Waals surface area (Å²) in [5.41, 5.74) is 2.37. The van der Waals surface area contributed by atoms with E-state index in [0.717, 1.165) is 50.0 Å². The van der Waals surface area contributed by atoms with Crippen LogP contribution in [0.2, 0.25) is 10.0 Å². The van der Waals surface area contributed by atoms with E-state index in [1.54, 1.807) is 39.3 Å². The molecule has 5 rings (SSSR count). The van der Waals surface area contributed by atoms with Crippen LogP contribution in [0.15, 0.2) is 54.6 Å². The molecule has 3 aromatic carbocycles. The zero-order valence-corrected chi connectivity index (χ0v) is 33.0. The molecule has 1 fully saturated rings. The minimum absolute atomic E-state index is 0.135. The molecule has 9 nitrogen and oxygen atoms in total. The number of hydrogen-bond donors (Lipinski definition) is 0. The van der Waals surface area contributed by atoms with Crippen LogP contribution in [0.3, 0.4) is 0 Å². The molecule has 1 amide bonds. The number of fused-ring (bicyclic) bond motifs is 2. The van der Waals surface area contributed by atoms with E-state index in [9.17, 15) is 9.00 Å². The van der Waals surface area contributed by atoms with Crippen LogP contribution in [0, 0.1) is 0 Å². The number of nitrogens with zero attached hydrogens (tertiary/aromatic N) is 2. The second-order valence-corrected chi connectivity index (χ2v) is 16.9. The zero-order valence-electron chi connectivity index (χ0n) is 30.7. The summed E-state index contributed by atoms with van der Waals surface area (Å²) in [6.07, 6.45) is 2.52. The second-order valence-electron chi connectivity index (χ2n) is 14.3. The molecule has 0 radical (unpaired) electrons. The highest BCUT2D eigenvalue weighted by atomic mass is 35.5. The van der Waals surface area contributed by atoms with E-state index in [-0.39, 0.29) is 18.0 Å². The first-order chi connectivity index (χ1) is 24.3. The van der Waals surface area contributed by atoms with Crippen molar-refractivity contribution < 1.29 is 32.7 Å². The Morgan fingerprint density at radius 2 is 1.61 bits per heavy atom. The quantitative estimate of drug-likeness (QED) is 0.172. The normalized spacial score (nSPS) is 18.2. The van der Waals surface area contributed by atoms with Crippen molar-refractivity contribution in [2.75, 3.05) is 54.6 Å². The van der Waals surface area contributed by atoms with Gasteiger partial charge in [0.15, 0.2) is 11.5 Å². The Morgan fingerprint density at radius 1 is 0.941 bits per heavy atom. The van der Waals surface area contributed by atoms with Crippen LogP contribution >= 0.6 is 23.2 Å². The van der Waals surface area contributed by atoms with Crippen molar-refractivity contribution in [3.63, 3.8) is 0 Å². The van der Waals surface area contributed by atoms with Gasteiger partial charge in [-0.15, -0.1) is 0 Å². The average Bonchev–Trinajstić information content (AvgIpc) is 3.37. The number of halogens is 2. The Morgan fingerprint density at radius 3 is 2.22 bits per heavy atom. The highest BCUT2D eigenvalue weighted by Gasteiger charge is 2.47. The molecule has 3 aromatic rings. The molecule has 0 aromatic heterocycles. The Bertz CT molecular complexity index is 1700. The van der Waals surface area contributed by atoms with Crippen LogP contribution in [-0.2, 0) is 42.9 Å². The fourth-order valence-electron chi connectivity index (χ4n) is 7.33.